The number of aromatic nitrogens is 2. The van der Waals surface area contributed by atoms with Crippen molar-refractivity contribution in [1.29, 1.82) is 0 Å². The summed E-state index contributed by atoms with van der Waals surface area (Å²) in [5, 5.41) is 0. The lowest BCUT2D eigenvalue weighted by molar-refractivity contribution is 0.937. The van der Waals surface area contributed by atoms with Gasteiger partial charge in [-0.25, -0.2) is 4.98 Å². The first-order valence-corrected chi connectivity index (χ1v) is 7.03. The Labute approximate surface area is 125 Å². The molecule has 21 heavy (non-hydrogen) atoms. The van der Waals surface area contributed by atoms with E-state index in [2.05, 4.69) is 32.0 Å². The molecule has 0 unspecified atom stereocenters. The van der Waals surface area contributed by atoms with Crippen LogP contribution in [0.15, 0.2) is 48.5 Å². The molecule has 106 valence electrons. The molecule has 2 aromatic carbocycles. The van der Waals surface area contributed by atoms with Crippen LogP contribution in [0, 0.1) is 13.8 Å². The molecule has 0 radical (unpaired) electrons. The monoisotopic (exact) mass is 277 g/mol. The van der Waals surface area contributed by atoms with Crippen LogP contribution in [0.5, 0.6) is 0 Å². The zero-order chi connectivity index (χ0) is 15.0. The summed E-state index contributed by atoms with van der Waals surface area (Å²) in [6, 6.07) is 16.4. The van der Waals surface area contributed by atoms with E-state index in [4.69, 9.17) is 10.7 Å². The van der Waals surface area contributed by atoms with E-state index in [1.54, 1.807) is 0 Å². The summed E-state index contributed by atoms with van der Waals surface area (Å²) in [6.45, 7) is 4.21. The average Bonchev–Trinajstić information content (AvgIpc) is 2.79. The van der Waals surface area contributed by atoms with E-state index in [0.29, 0.717) is 5.82 Å². The molecule has 1 aromatic heterocycles. The van der Waals surface area contributed by atoms with Crippen LogP contribution in [-0.2, 0) is 7.05 Å². The van der Waals surface area contributed by atoms with Gasteiger partial charge in [-0.05, 0) is 31.0 Å². The number of nitrogens with two attached hydrogens (primary N) is 1. The van der Waals surface area contributed by atoms with Gasteiger partial charge >= 0.3 is 0 Å². The topological polar surface area (TPSA) is 43.8 Å². The number of nitrogen functional groups attached to an aromatic ring is 1. The molecule has 3 heteroatoms. The van der Waals surface area contributed by atoms with Crippen LogP contribution in [0.1, 0.15) is 11.1 Å². The summed E-state index contributed by atoms with van der Waals surface area (Å²) in [6.07, 6.45) is 0. The summed E-state index contributed by atoms with van der Waals surface area (Å²) < 4.78 is 1.94. The van der Waals surface area contributed by atoms with Gasteiger partial charge in [-0.1, -0.05) is 42.5 Å². The highest BCUT2D eigenvalue weighted by molar-refractivity contribution is 5.76. The predicted octanol–water partition coefficient (Wildman–Crippen LogP) is 3.95. The van der Waals surface area contributed by atoms with E-state index >= 15 is 0 Å². The second kappa shape index (κ2) is 5.09. The largest absolute Gasteiger partial charge is 0.383 e. The third-order valence-corrected chi connectivity index (χ3v) is 3.95. The smallest absolute Gasteiger partial charge is 0.142 e. The zero-order valence-electron chi connectivity index (χ0n) is 12.6. The van der Waals surface area contributed by atoms with E-state index in [0.717, 1.165) is 22.6 Å². The maximum Gasteiger partial charge on any atom is 0.142 e. The molecule has 0 spiro atoms. The van der Waals surface area contributed by atoms with Crippen molar-refractivity contribution in [2.45, 2.75) is 13.8 Å². The Morgan fingerprint density at radius 1 is 0.905 bits per heavy atom. The van der Waals surface area contributed by atoms with E-state index in [-0.39, 0.29) is 0 Å². The normalized spacial score (nSPS) is 10.8. The second-order valence-electron chi connectivity index (χ2n) is 5.39. The minimum atomic E-state index is 0.692. The Morgan fingerprint density at radius 3 is 2.29 bits per heavy atom. The Hall–Kier alpha value is -2.55. The van der Waals surface area contributed by atoms with E-state index in [1.807, 2.05) is 41.9 Å². The zero-order valence-corrected chi connectivity index (χ0v) is 12.6. The lowest BCUT2D eigenvalue weighted by Gasteiger charge is -2.04. The van der Waals surface area contributed by atoms with E-state index < -0.39 is 0 Å². The SMILES string of the molecule is Cc1ccc(-c2nc(-c3ccccc3)n(C)c2N)cc1C. The predicted molar refractivity (Wildman–Crippen MR) is 88.0 cm³/mol. The number of hydrogen-bond acceptors (Lipinski definition) is 2. The number of anilines is 1. The molecule has 3 nitrogen and oxygen atoms in total. The van der Waals surface area contributed by atoms with Gasteiger partial charge in [0.1, 0.15) is 17.3 Å². The molecule has 0 bridgehead atoms. The van der Waals surface area contributed by atoms with Gasteiger partial charge in [0.05, 0.1) is 0 Å². The highest BCUT2D eigenvalue weighted by Gasteiger charge is 2.15. The van der Waals surface area contributed by atoms with E-state index in [9.17, 15) is 0 Å². The van der Waals surface area contributed by atoms with Crippen molar-refractivity contribution >= 4 is 5.82 Å². The summed E-state index contributed by atoms with van der Waals surface area (Å²) in [5.41, 5.74) is 11.8. The van der Waals surface area contributed by atoms with Crippen LogP contribution in [-0.4, -0.2) is 9.55 Å². The number of rotatable bonds is 2. The van der Waals surface area contributed by atoms with Crippen molar-refractivity contribution in [1.82, 2.24) is 9.55 Å². The number of benzene rings is 2. The molecule has 0 aliphatic rings. The van der Waals surface area contributed by atoms with Crippen molar-refractivity contribution in [3.05, 3.63) is 59.7 Å². The lowest BCUT2D eigenvalue weighted by atomic mass is 10.0. The van der Waals surface area contributed by atoms with Gasteiger partial charge < -0.3 is 10.3 Å². The molecule has 0 aliphatic carbocycles. The lowest BCUT2D eigenvalue weighted by Crippen LogP contribution is -1.98. The fraction of sp³-hybridized carbons (Fsp3) is 0.167. The van der Waals surface area contributed by atoms with Crippen molar-refractivity contribution in [2.75, 3.05) is 5.73 Å². The minimum Gasteiger partial charge on any atom is -0.383 e. The molecule has 0 aliphatic heterocycles. The molecule has 3 rings (SSSR count). The van der Waals surface area contributed by atoms with Gasteiger partial charge in [0, 0.05) is 18.2 Å². The second-order valence-corrected chi connectivity index (χ2v) is 5.39. The van der Waals surface area contributed by atoms with Crippen LogP contribution in [0.3, 0.4) is 0 Å². The van der Waals surface area contributed by atoms with Gasteiger partial charge in [0.15, 0.2) is 0 Å². The van der Waals surface area contributed by atoms with Crippen LogP contribution in [0.25, 0.3) is 22.6 Å². The fourth-order valence-electron chi connectivity index (χ4n) is 2.46. The number of hydrogen-bond donors (Lipinski definition) is 1. The molecule has 0 fully saturated rings. The molecular formula is C18H19N3. The summed E-state index contributed by atoms with van der Waals surface area (Å²) in [7, 11) is 1.95. The molecule has 2 N–H and O–H groups in total. The number of imidazole rings is 1. The standard InChI is InChI=1S/C18H19N3/c1-12-9-10-15(11-13(12)2)16-17(19)21(3)18(20-16)14-7-5-4-6-8-14/h4-11H,19H2,1-3H3. The van der Waals surface area contributed by atoms with Gasteiger partial charge in [0.25, 0.3) is 0 Å². The average molecular weight is 277 g/mol. The maximum atomic E-state index is 6.26. The Morgan fingerprint density at radius 2 is 1.62 bits per heavy atom. The first-order chi connectivity index (χ1) is 10.1. The van der Waals surface area contributed by atoms with E-state index in [1.165, 1.54) is 11.1 Å². The molecule has 0 saturated heterocycles. The highest BCUT2D eigenvalue weighted by Crippen LogP contribution is 2.31. The molecule has 3 aromatic rings. The third-order valence-electron chi connectivity index (χ3n) is 3.95. The van der Waals surface area contributed by atoms with Gasteiger partial charge in [0.2, 0.25) is 0 Å². The molecular weight excluding hydrogens is 258 g/mol. The Kier molecular flexibility index (Phi) is 3.26. The number of nitrogens with zero attached hydrogens (tertiary/aromatic N) is 2. The van der Waals surface area contributed by atoms with Crippen molar-refractivity contribution in [3.63, 3.8) is 0 Å². The van der Waals surface area contributed by atoms with Crippen LogP contribution in [0.2, 0.25) is 0 Å². The number of aryl methyl sites for hydroxylation is 2. The summed E-state index contributed by atoms with van der Waals surface area (Å²) in [4.78, 5) is 4.76. The first kappa shape index (κ1) is 13.4. The van der Waals surface area contributed by atoms with Gasteiger partial charge in [-0.15, -0.1) is 0 Å². The minimum absolute atomic E-state index is 0.692. The van der Waals surface area contributed by atoms with Gasteiger partial charge in [-0.2, -0.15) is 0 Å². The molecule has 1 heterocycles. The van der Waals surface area contributed by atoms with Gasteiger partial charge in [-0.3, -0.25) is 0 Å². The molecule has 0 amide bonds. The van der Waals surface area contributed by atoms with Crippen molar-refractivity contribution in [3.8, 4) is 22.6 Å². The first-order valence-electron chi connectivity index (χ1n) is 7.03. The van der Waals surface area contributed by atoms with Crippen molar-refractivity contribution < 1.29 is 0 Å². The quantitative estimate of drug-likeness (QED) is 0.770. The van der Waals surface area contributed by atoms with Crippen LogP contribution >= 0.6 is 0 Å². The fourth-order valence-corrected chi connectivity index (χ4v) is 2.46. The summed E-state index contributed by atoms with van der Waals surface area (Å²) >= 11 is 0. The highest BCUT2D eigenvalue weighted by atomic mass is 15.1. The summed E-state index contributed by atoms with van der Waals surface area (Å²) in [5.74, 6) is 1.58. The van der Waals surface area contributed by atoms with Crippen LogP contribution < -0.4 is 5.73 Å². The third kappa shape index (κ3) is 2.31. The van der Waals surface area contributed by atoms with Crippen LogP contribution in [0.4, 0.5) is 5.82 Å². The Balaban J connectivity index is 2.15. The molecule has 0 saturated carbocycles. The Bertz CT molecular complexity index is 786. The van der Waals surface area contributed by atoms with Crippen molar-refractivity contribution in [2.24, 2.45) is 7.05 Å². The maximum absolute atomic E-state index is 6.26. The molecule has 0 atom stereocenters.